The van der Waals surface area contributed by atoms with Gasteiger partial charge in [0.2, 0.25) is 0 Å². The van der Waals surface area contributed by atoms with E-state index in [4.69, 9.17) is 6.58 Å². The monoisotopic (exact) mass is 333 g/mol. The molecule has 0 aromatic carbocycles. The maximum absolute atomic E-state index is 5.26. The van der Waals surface area contributed by atoms with Crippen molar-refractivity contribution in [1.29, 1.82) is 0 Å². The minimum atomic E-state index is 1.09. The van der Waals surface area contributed by atoms with Gasteiger partial charge < -0.3 is 0 Å². The van der Waals surface area contributed by atoms with E-state index in [9.17, 15) is 0 Å². The van der Waals surface area contributed by atoms with E-state index in [1.165, 1.54) is 23.4 Å². The Bertz CT molecular complexity index is 193. The molecule has 0 saturated carbocycles. The number of allylic oxidation sites excluding steroid dienone is 2. The summed E-state index contributed by atoms with van der Waals surface area (Å²) in [4.78, 5) is 2.39. The molecule has 1 aliphatic rings. The molecule has 0 spiro atoms. The quantitative estimate of drug-likeness (QED) is 0.583. The fraction of sp³-hybridized carbons (Fsp3) is 0.444. The van der Waals surface area contributed by atoms with Gasteiger partial charge in [-0.05, 0) is 0 Å². The average molecular weight is 333 g/mol. The summed E-state index contributed by atoms with van der Waals surface area (Å²) in [6.07, 6.45) is 5.55. The van der Waals surface area contributed by atoms with Crippen LogP contribution in [0.2, 0.25) is 0 Å². The van der Waals surface area contributed by atoms with E-state index in [2.05, 4.69) is 16.3 Å². The average Bonchev–Trinajstić information content (AvgIpc) is 2.15. The molecule has 1 N–H and O–H groups in total. The summed E-state index contributed by atoms with van der Waals surface area (Å²) in [6.45, 7) is 9.69. The topological polar surface area (TPSA) is 15.3 Å². The van der Waals surface area contributed by atoms with Crippen molar-refractivity contribution >= 4 is 4.02 Å². The summed E-state index contributed by atoms with van der Waals surface area (Å²) in [6, 6.07) is 0. The molecule has 0 aromatic rings. The van der Waals surface area contributed by atoms with Crippen molar-refractivity contribution in [3.8, 4) is 0 Å². The molecule has 0 bridgehead atoms. The summed E-state index contributed by atoms with van der Waals surface area (Å²) < 4.78 is 1.37. The fourth-order valence-corrected chi connectivity index (χ4v) is 2.07. The van der Waals surface area contributed by atoms with Gasteiger partial charge in [0.25, 0.3) is 0 Å². The van der Waals surface area contributed by atoms with Crippen LogP contribution in [-0.4, -0.2) is 35.1 Å². The summed E-state index contributed by atoms with van der Waals surface area (Å²) in [5, 5.41) is 3.32. The third kappa shape index (κ3) is 3.14. The van der Waals surface area contributed by atoms with Crippen LogP contribution in [0.3, 0.4) is 0 Å². The molecule has 12 heavy (non-hydrogen) atoms. The Morgan fingerprint density at radius 3 is 2.67 bits per heavy atom. The van der Waals surface area contributed by atoms with Crippen molar-refractivity contribution in [3.05, 3.63) is 24.8 Å². The van der Waals surface area contributed by atoms with Crippen molar-refractivity contribution in [2.45, 2.75) is 0 Å². The van der Waals surface area contributed by atoms with Gasteiger partial charge in [-0.2, -0.15) is 0 Å². The van der Waals surface area contributed by atoms with Crippen molar-refractivity contribution in [2.75, 3.05) is 26.2 Å². The Morgan fingerprint density at radius 2 is 2.08 bits per heavy atom. The van der Waals surface area contributed by atoms with Crippen LogP contribution in [0.4, 0.5) is 0 Å². The standard InChI is InChI=1S/C9H13N2.W/c1-2-3-4-7-11-8-5-10-6-9-11;/h1-4,10H,5-6,8-9H2;/q-1;/b4-3-;. The van der Waals surface area contributed by atoms with Crippen LogP contribution in [-0.2, 0) is 19.4 Å². The van der Waals surface area contributed by atoms with Crippen LogP contribution in [0.5, 0.6) is 0 Å². The second kappa shape index (κ2) is 5.58. The van der Waals surface area contributed by atoms with Crippen LogP contribution >= 0.6 is 0 Å². The predicted molar refractivity (Wildman–Crippen MR) is 47.5 cm³/mol. The fourth-order valence-electron chi connectivity index (χ4n) is 1.13. The second-order valence-electron chi connectivity index (χ2n) is 2.63. The predicted octanol–water partition coefficient (Wildman–Crippen LogP) is 0.114. The van der Waals surface area contributed by atoms with Gasteiger partial charge >= 0.3 is 84.6 Å². The van der Waals surface area contributed by atoms with E-state index < -0.39 is 0 Å². The molecule has 1 saturated heterocycles. The molecule has 0 aliphatic carbocycles. The normalized spacial score (nSPS) is 19.7. The van der Waals surface area contributed by atoms with Crippen molar-refractivity contribution in [3.63, 3.8) is 0 Å². The molecular weight excluding hydrogens is 320 g/mol. The summed E-state index contributed by atoms with van der Waals surface area (Å²) >= 11 is 1.50. The Kier molecular flexibility index (Phi) is 4.67. The van der Waals surface area contributed by atoms with Crippen molar-refractivity contribution in [1.82, 2.24) is 10.2 Å². The summed E-state index contributed by atoms with van der Waals surface area (Å²) in [7, 11) is 0. The van der Waals surface area contributed by atoms with Crippen LogP contribution in [0.1, 0.15) is 0 Å². The van der Waals surface area contributed by atoms with Crippen LogP contribution in [0, 0.1) is 6.58 Å². The summed E-state index contributed by atoms with van der Waals surface area (Å²) in [5.74, 6) is 0. The number of nitrogens with zero attached hydrogens (tertiary/aromatic N) is 1. The first-order valence-electron chi connectivity index (χ1n) is 4.06. The number of rotatable bonds is 3. The van der Waals surface area contributed by atoms with E-state index in [1.807, 2.05) is 6.08 Å². The molecule has 0 atom stereocenters. The molecule has 1 rings (SSSR count). The zero-order chi connectivity index (χ0) is 8.81. The van der Waals surface area contributed by atoms with Crippen molar-refractivity contribution in [2.24, 2.45) is 0 Å². The van der Waals surface area contributed by atoms with E-state index in [0.29, 0.717) is 0 Å². The Hall–Kier alpha value is -0.0417. The van der Waals surface area contributed by atoms with Crippen molar-refractivity contribution < 1.29 is 19.4 Å². The maximum atomic E-state index is 5.26. The number of piperazine rings is 1. The molecule has 2 nitrogen and oxygen atoms in total. The van der Waals surface area contributed by atoms with E-state index in [1.54, 1.807) is 6.08 Å². The molecular formula is C9H13N2W-. The number of hydrogen-bond acceptors (Lipinski definition) is 2. The molecule has 0 aromatic heterocycles. The first-order chi connectivity index (χ1) is 5.84. The van der Waals surface area contributed by atoms with Gasteiger partial charge in [-0.25, -0.2) is 0 Å². The molecule has 1 aliphatic heterocycles. The first kappa shape index (κ1) is 10.0. The van der Waals surface area contributed by atoms with Crippen LogP contribution in [0.25, 0.3) is 0 Å². The van der Waals surface area contributed by atoms with Gasteiger partial charge in [-0.15, -0.1) is 0 Å². The van der Waals surface area contributed by atoms with Gasteiger partial charge in [0, 0.05) is 0 Å². The molecule has 0 radical (unpaired) electrons. The number of nitrogens with one attached hydrogen (secondary N) is 1. The van der Waals surface area contributed by atoms with Gasteiger partial charge in [-0.1, -0.05) is 0 Å². The molecule has 3 heteroatoms. The first-order valence-corrected chi connectivity index (χ1v) is 5.52. The third-order valence-electron chi connectivity index (χ3n) is 1.78. The van der Waals surface area contributed by atoms with E-state index in [0.717, 1.165) is 26.2 Å². The molecule has 0 unspecified atom stereocenters. The molecule has 1 fully saturated rings. The van der Waals surface area contributed by atoms with E-state index >= 15 is 0 Å². The van der Waals surface area contributed by atoms with Gasteiger partial charge in [0.05, 0.1) is 0 Å². The van der Waals surface area contributed by atoms with E-state index in [-0.39, 0.29) is 0 Å². The Labute approximate surface area is 84.7 Å². The third-order valence-corrected chi connectivity index (χ3v) is 3.20. The van der Waals surface area contributed by atoms with Gasteiger partial charge in [-0.3, -0.25) is 0 Å². The van der Waals surface area contributed by atoms with Crippen LogP contribution in [0.15, 0.2) is 18.2 Å². The molecule has 0 amide bonds. The SMILES string of the molecule is [CH-]=C/C=C\[C](=[W])N1CCNCC1. The Balaban J connectivity index is 2.39. The minimum absolute atomic E-state index is 1.09. The molecule has 1 heterocycles. The van der Waals surface area contributed by atoms with Crippen LogP contribution < -0.4 is 5.32 Å². The number of hydrogen-bond donors (Lipinski definition) is 1. The molecule has 66 valence electrons. The summed E-state index contributed by atoms with van der Waals surface area (Å²) in [5.41, 5.74) is 0. The second-order valence-corrected chi connectivity index (χ2v) is 4.13. The zero-order valence-electron chi connectivity index (χ0n) is 6.99. The Morgan fingerprint density at radius 1 is 1.42 bits per heavy atom. The zero-order valence-corrected chi connectivity index (χ0v) is 9.93. The van der Waals surface area contributed by atoms with Gasteiger partial charge in [0.1, 0.15) is 0 Å². The van der Waals surface area contributed by atoms with Gasteiger partial charge in [0.15, 0.2) is 0 Å².